The lowest BCUT2D eigenvalue weighted by molar-refractivity contribution is 0.282. The highest BCUT2D eigenvalue weighted by Crippen LogP contribution is 2.36. The van der Waals surface area contributed by atoms with E-state index in [4.69, 9.17) is 5.11 Å². The van der Waals surface area contributed by atoms with Gasteiger partial charge in [0.25, 0.3) is 0 Å². The average molecular weight is 283 g/mol. The molecule has 1 aromatic rings. The summed E-state index contributed by atoms with van der Waals surface area (Å²) in [4.78, 5) is 0. The van der Waals surface area contributed by atoms with Gasteiger partial charge in [0.05, 0.1) is 12.4 Å². The Kier molecular flexibility index (Phi) is 4.60. The summed E-state index contributed by atoms with van der Waals surface area (Å²) in [5.41, 5.74) is 1.53. The second-order valence-corrected chi connectivity index (χ2v) is 7.20. The third kappa shape index (κ3) is 4.60. The Balaban J connectivity index is 1.88. The quantitative estimate of drug-likeness (QED) is 0.799. The number of benzene rings is 1. The number of nitrogens with one attached hydrogen (secondary N) is 1. The molecule has 0 aliphatic heterocycles. The first kappa shape index (κ1) is 14.5. The van der Waals surface area contributed by atoms with Gasteiger partial charge in [-0.1, -0.05) is 31.2 Å². The third-order valence-corrected chi connectivity index (χ3v) is 4.93. The van der Waals surface area contributed by atoms with E-state index >= 15 is 0 Å². The van der Waals surface area contributed by atoms with Crippen LogP contribution in [0.2, 0.25) is 0 Å². The normalized spacial score (nSPS) is 17.4. The smallest absolute Gasteiger partial charge is 0.215 e. The van der Waals surface area contributed by atoms with E-state index in [9.17, 15) is 8.42 Å². The Morgan fingerprint density at radius 1 is 1.26 bits per heavy atom. The van der Waals surface area contributed by atoms with Gasteiger partial charge in [0.1, 0.15) is 0 Å². The van der Waals surface area contributed by atoms with Gasteiger partial charge in [-0.15, -0.1) is 0 Å². The Labute approximate surface area is 114 Å². The SMILES string of the molecule is CC(CNS(=O)(=O)Cc1ccc(CO)cc1)C1CC1. The summed E-state index contributed by atoms with van der Waals surface area (Å²) in [6.07, 6.45) is 2.46. The van der Waals surface area contributed by atoms with E-state index in [1.165, 1.54) is 12.8 Å². The molecule has 1 aliphatic carbocycles. The molecule has 19 heavy (non-hydrogen) atoms. The number of hydrogen-bond acceptors (Lipinski definition) is 3. The van der Waals surface area contributed by atoms with Crippen LogP contribution in [0, 0.1) is 11.8 Å². The summed E-state index contributed by atoms with van der Waals surface area (Å²) in [6.45, 7) is 2.60. The Bertz CT molecular complexity index is 506. The first-order chi connectivity index (χ1) is 9.00. The highest BCUT2D eigenvalue weighted by atomic mass is 32.2. The van der Waals surface area contributed by atoms with Crippen LogP contribution < -0.4 is 4.72 Å². The fraction of sp³-hybridized carbons (Fsp3) is 0.571. The molecule has 1 aromatic carbocycles. The molecule has 2 N–H and O–H groups in total. The monoisotopic (exact) mass is 283 g/mol. The molecule has 2 rings (SSSR count). The third-order valence-electron chi connectivity index (χ3n) is 3.61. The van der Waals surface area contributed by atoms with E-state index in [1.54, 1.807) is 24.3 Å². The van der Waals surface area contributed by atoms with Crippen LogP contribution in [0.25, 0.3) is 0 Å². The molecule has 0 aromatic heterocycles. The molecule has 0 heterocycles. The van der Waals surface area contributed by atoms with Crippen LogP contribution in [-0.4, -0.2) is 20.1 Å². The van der Waals surface area contributed by atoms with Crippen molar-refractivity contribution in [3.8, 4) is 0 Å². The van der Waals surface area contributed by atoms with Crippen LogP contribution >= 0.6 is 0 Å². The van der Waals surface area contributed by atoms with Gasteiger partial charge in [-0.05, 0) is 35.8 Å². The molecule has 4 nitrogen and oxygen atoms in total. The minimum absolute atomic E-state index is 0.00387. The largest absolute Gasteiger partial charge is 0.392 e. The van der Waals surface area contributed by atoms with Crippen LogP contribution in [0.15, 0.2) is 24.3 Å². The fourth-order valence-electron chi connectivity index (χ4n) is 2.10. The molecule has 0 bridgehead atoms. The van der Waals surface area contributed by atoms with Gasteiger partial charge in [-0.2, -0.15) is 0 Å². The molecule has 0 spiro atoms. The zero-order valence-electron chi connectivity index (χ0n) is 11.2. The van der Waals surface area contributed by atoms with Crippen LogP contribution in [0.1, 0.15) is 30.9 Å². The van der Waals surface area contributed by atoms with Crippen molar-refractivity contribution in [3.05, 3.63) is 35.4 Å². The lowest BCUT2D eigenvalue weighted by atomic mass is 10.1. The second-order valence-electron chi connectivity index (χ2n) is 5.40. The minimum atomic E-state index is -3.27. The summed E-state index contributed by atoms with van der Waals surface area (Å²) in [7, 11) is -3.27. The van der Waals surface area contributed by atoms with Crippen LogP contribution in [0.3, 0.4) is 0 Å². The van der Waals surface area contributed by atoms with Gasteiger partial charge in [-0.25, -0.2) is 13.1 Å². The van der Waals surface area contributed by atoms with E-state index in [0.717, 1.165) is 11.1 Å². The fourth-order valence-corrected chi connectivity index (χ4v) is 3.35. The molecule has 1 atom stereocenters. The molecule has 0 amide bonds. The van der Waals surface area contributed by atoms with Gasteiger partial charge in [0, 0.05) is 6.54 Å². The van der Waals surface area contributed by atoms with Gasteiger partial charge < -0.3 is 5.11 Å². The molecule has 1 aliphatic rings. The number of hydrogen-bond donors (Lipinski definition) is 2. The second kappa shape index (κ2) is 6.03. The zero-order valence-corrected chi connectivity index (χ0v) is 12.0. The predicted molar refractivity (Wildman–Crippen MR) is 74.9 cm³/mol. The van der Waals surface area contributed by atoms with Gasteiger partial charge in [-0.3, -0.25) is 0 Å². The van der Waals surface area contributed by atoms with Crippen molar-refractivity contribution < 1.29 is 13.5 Å². The molecule has 1 saturated carbocycles. The molecule has 5 heteroatoms. The average Bonchev–Trinajstić information content (AvgIpc) is 3.21. The van der Waals surface area contributed by atoms with Crippen molar-refractivity contribution in [2.24, 2.45) is 11.8 Å². The van der Waals surface area contributed by atoms with Gasteiger partial charge in [0.15, 0.2) is 0 Å². The molecule has 0 saturated heterocycles. The van der Waals surface area contributed by atoms with Crippen molar-refractivity contribution in [1.29, 1.82) is 0 Å². The Morgan fingerprint density at radius 3 is 2.37 bits per heavy atom. The highest BCUT2D eigenvalue weighted by Gasteiger charge is 2.28. The van der Waals surface area contributed by atoms with E-state index < -0.39 is 10.0 Å². The number of aliphatic hydroxyl groups is 1. The number of aliphatic hydroxyl groups excluding tert-OH is 1. The van der Waals surface area contributed by atoms with E-state index in [2.05, 4.69) is 11.6 Å². The van der Waals surface area contributed by atoms with Crippen molar-refractivity contribution in [2.45, 2.75) is 32.1 Å². The Morgan fingerprint density at radius 2 is 1.84 bits per heavy atom. The maximum absolute atomic E-state index is 11.9. The maximum Gasteiger partial charge on any atom is 0.215 e. The van der Waals surface area contributed by atoms with Gasteiger partial charge in [0.2, 0.25) is 10.0 Å². The topological polar surface area (TPSA) is 66.4 Å². The molecular formula is C14H21NO3S. The van der Waals surface area contributed by atoms with E-state index in [1.807, 2.05) is 0 Å². The standard InChI is InChI=1S/C14H21NO3S/c1-11(14-6-7-14)8-15-19(17,18)10-13-4-2-12(9-16)3-5-13/h2-5,11,14-16H,6-10H2,1H3. The molecule has 1 unspecified atom stereocenters. The van der Waals surface area contributed by atoms with Crippen LogP contribution in [0.4, 0.5) is 0 Å². The van der Waals surface area contributed by atoms with Crippen molar-refractivity contribution in [1.82, 2.24) is 4.72 Å². The first-order valence-corrected chi connectivity index (χ1v) is 8.31. The first-order valence-electron chi connectivity index (χ1n) is 6.66. The summed E-state index contributed by atoms with van der Waals surface area (Å²) < 4.78 is 26.6. The molecule has 0 radical (unpaired) electrons. The summed E-state index contributed by atoms with van der Waals surface area (Å²) >= 11 is 0. The van der Waals surface area contributed by atoms with Crippen molar-refractivity contribution in [2.75, 3.05) is 6.54 Å². The maximum atomic E-state index is 11.9. The van der Waals surface area contributed by atoms with Crippen molar-refractivity contribution in [3.63, 3.8) is 0 Å². The van der Waals surface area contributed by atoms with E-state index in [0.29, 0.717) is 18.4 Å². The van der Waals surface area contributed by atoms with E-state index in [-0.39, 0.29) is 12.4 Å². The van der Waals surface area contributed by atoms with Crippen molar-refractivity contribution >= 4 is 10.0 Å². The minimum Gasteiger partial charge on any atom is -0.392 e. The Hall–Kier alpha value is -0.910. The van der Waals surface area contributed by atoms with Crippen LogP contribution in [0.5, 0.6) is 0 Å². The summed E-state index contributed by atoms with van der Waals surface area (Å²) in [5, 5.41) is 8.93. The summed E-state index contributed by atoms with van der Waals surface area (Å²) in [5.74, 6) is 1.12. The molecular weight excluding hydrogens is 262 g/mol. The lowest BCUT2D eigenvalue weighted by Gasteiger charge is -2.12. The van der Waals surface area contributed by atoms with Gasteiger partial charge >= 0.3 is 0 Å². The number of rotatable bonds is 7. The predicted octanol–water partition coefficient (Wildman–Crippen LogP) is 1.64. The molecule has 106 valence electrons. The highest BCUT2D eigenvalue weighted by molar-refractivity contribution is 7.88. The molecule has 1 fully saturated rings. The number of sulfonamides is 1. The summed E-state index contributed by atoms with van der Waals surface area (Å²) in [6, 6.07) is 6.99. The van der Waals surface area contributed by atoms with Crippen LogP contribution in [-0.2, 0) is 22.4 Å². The zero-order chi connectivity index (χ0) is 13.9. The lowest BCUT2D eigenvalue weighted by Crippen LogP contribution is -2.30.